The highest BCUT2D eigenvalue weighted by atomic mass is 19.4. The summed E-state index contributed by atoms with van der Waals surface area (Å²) in [5, 5.41) is 22.7. The third-order valence-corrected chi connectivity index (χ3v) is 2.10. The summed E-state index contributed by atoms with van der Waals surface area (Å²) in [6.07, 6.45) is -7.61. The minimum absolute atomic E-state index is 0.591. The van der Waals surface area contributed by atoms with Gasteiger partial charge >= 0.3 is 30.3 Å². The van der Waals surface area contributed by atoms with Gasteiger partial charge in [0, 0.05) is 0 Å². The van der Waals surface area contributed by atoms with E-state index in [1.807, 2.05) is 0 Å². The summed E-state index contributed by atoms with van der Waals surface area (Å²) < 4.78 is 63.5. The number of carboxylic acid groups (broad SMARTS) is 3. The molecule has 0 aromatic heterocycles. The monoisotopic (exact) mass is 387 g/mol. The highest BCUT2D eigenvalue weighted by Crippen LogP contribution is 2.13. The summed E-state index contributed by atoms with van der Waals surface area (Å²) in [4.78, 5) is 28.0. The highest BCUT2D eigenvalue weighted by molar-refractivity contribution is 5.73. The van der Waals surface area contributed by atoms with Crippen LogP contribution in [0.25, 0.3) is 0 Å². The first-order chi connectivity index (χ1) is 10.9. The zero-order chi connectivity index (χ0) is 21.0. The van der Waals surface area contributed by atoms with Gasteiger partial charge in [-0.2, -0.15) is 26.3 Å². The lowest BCUT2D eigenvalue weighted by molar-refractivity contribution is -0.193. The maximum Gasteiger partial charge on any atom is 0.490 e. The predicted octanol–water partition coefficient (Wildman–Crippen LogP) is 2.49. The van der Waals surface area contributed by atoms with Crippen molar-refractivity contribution in [2.24, 2.45) is 11.7 Å². The summed E-state index contributed by atoms with van der Waals surface area (Å²) in [7, 11) is 0. The summed E-state index contributed by atoms with van der Waals surface area (Å²) >= 11 is 0. The Morgan fingerprint density at radius 1 is 0.840 bits per heavy atom. The van der Waals surface area contributed by atoms with Crippen LogP contribution in [0.2, 0.25) is 0 Å². The summed E-state index contributed by atoms with van der Waals surface area (Å²) in [5.41, 5.74) is 5.30. The van der Waals surface area contributed by atoms with Crippen molar-refractivity contribution in [2.45, 2.75) is 51.5 Å². The van der Waals surface area contributed by atoms with Crippen LogP contribution in [0, 0.1) is 5.92 Å². The van der Waals surface area contributed by atoms with Crippen LogP contribution in [0.5, 0.6) is 0 Å². The van der Waals surface area contributed by atoms with Crippen LogP contribution >= 0.6 is 0 Å². The molecule has 0 aliphatic carbocycles. The Bertz CT molecular complexity index is 397. The lowest BCUT2D eigenvalue weighted by Crippen LogP contribution is -2.29. The maximum absolute atomic E-state index is 10.6. The average molecular weight is 387 g/mol. The average Bonchev–Trinajstić information content (AvgIpc) is 2.37. The first kappa shape index (κ1) is 27.8. The molecule has 0 aliphatic rings. The number of hydrogen-bond acceptors (Lipinski definition) is 4. The molecule has 150 valence electrons. The van der Waals surface area contributed by atoms with Crippen LogP contribution in [0.3, 0.4) is 0 Å². The summed E-state index contributed by atoms with van der Waals surface area (Å²) in [6, 6.07) is -0.672. The van der Waals surface area contributed by atoms with Crippen molar-refractivity contribution in [3.8, 4) is 0 Å². The fourth-order valence-electron chi connectivity index (χ4n) is 0.869. The van der Waals surface area contributed by atoms with Crippen LogP contribution in [0.15, 0.2) is 0 Å². The molecule has 0 saturated heterocycles. The van der Waals surface area contributed by atoms with E-state index < -0.39 is 36.3 Å². The molecule has 13 heteroatoms. The first-order valence-electron chi connectivity index (χ1n) is 6.51. The van der Waals surface area contributed by atoms with Crippen molar-refractivity contribution < 1.29 is 56.0 Å². The molecule has 1 unspecified atom stereocenters. The molecule has 1 atom stereocenters. The van der Waals surface area contributed by atoms with Gasteiger partial charge in [0.25, 0.3) is 0 Å². The van der Waals surface area contributed by atoms with Crippen molar-refractivity contribution in [1.29, 1.82) is 0 Å². The molecule has 0 spiro atoms. The molecule has 25 heavy (non-hydrogen) atoms. The molecule has 0 saturated carbocycles. The second-order valence-corrected chi connectivity index (χ2v) is 4.88. The number of hydrogen-bond donors (Lipinski definition) is 4. The van der Waals surface area contributed by atoms with E-state index in [1.54, 1.807) is 0 Å². The van der Waals surface area contributed by atoms with Crippen molar-refractivity contribution in [3.05, 3.63) is 0 Å². The molecule has 0 radical (unpaired) electrons. The fraction of sp³-hybridized carbons (Fsp3) is 0.750. The minimum Gasteiger partial charge on any atom is -0.480 e. The molecule has 7 nitrogen and oxygen atoms in total. The van der Waals surface area contributed by atoms with Gasteiger partial charge in [-0.15, -0.1) is 0 Å². The van der Waals surface area contributed by atoms with E-state index >= 15 is 0 Å². The van der Waals surface area contributed by atoms with Gasteiger partial charge in [0.15, 0.2) is 0 Å². The van der Waals surface area contributed by atoms with Gasteiger partial charge in [-0.1, -0.05) is 26.7 Å². The molecular weight excluding hydrogens is 368 g/mol. The normalized spacial score (nSPS) is 12.2. The number of carboxylic acids is 3. The van der Waals surface area contributed by atoms with E-state index in [4.69, 9.17) is 30.6 Å². The van der Waals surface area contributed by atoms with E-state index in [0.717, 1.165) is 12.8 Å². The Balaban J connectivity index is -0.000000304. The second-order valence-electron chi connectivity index (χ2n) is 4.88. The lowest BCUT2D eigenvalue weighted by Gasteiger charge is -2.06. The summed E-state index contributed by atoms with van der Waals surface area (Å²) in [5.74, 6) is -5.77. The molecule has 0 aliphatic heterocycles. The van der Waals surface area contributed by atoms with Crippen LogP contribution in [-0.4, -0.2) is 51.6 Å². The van der Waals surface area contributed by atoms with E-state index in [9.17, 15) is 31.1 Å². The lowest BCUT2D eigenvalue weighted by atomic mass is 10.0. The third-order valence-electron chi connectivity index (χ3n) is 2.10. The van der Waals surface area contributed by atoms with Gasteiger partial charge in [-0.3, -0.25) is 4.79 Å². The number of carbonyl (C=O) groups is 3. The van der Waals surface area contributed by atoms with Crippen LogP contribution in [0.4, 0.5) is 26.3 Å². The molecule has 0 fully saturated rings. The van der Waals surface area contributed by atoms with Gasteiger partial charge in [-0.05, 0) is 12.3 Å². The van der Waals surface area contributed by atoms with Crippen molar-refractivity contribution in [2.75, 3.05) is 0 Å². The molecule has 0 bridgehead atoms. The SMILES string of the molecule is CC(C)CCCC(N)C(=O)O.O=C(O)C(F)(F)F.O=C(O)C(F)(F)F. The number of rotatable bonds is 5. The Kier molecular flexibility index (Phi) is 13.7. The van der Waals surface area contributed by atoms with E-state index in [-0.39, 0.29) is 0 Å². The van der Waals surface area contributed by atoms with Crippen LogP contribution in [0.1, 0.15) is 33.1 Å². The minimum atomic E-state index is -5.08. The van der Waals surface area contributed by atoms with Crippen LogP contribution < -0.4 is 5.73 Å². The number of halogens is 6. The van der Waals surface area contributed by atoms with E-state index in [2.05, 4.69) is 13.8 Å². The number of nitrogens with two attached hydrogens (primary N) is 1. The Morgan fingerprint density at radius 2 is 1.12 bits per heavy atom. The third kappa shape index (κ3) is 21.9. The molecule has 0 amide bonds. The number of aliphatic carboxylic acids is 3. The molecule has 0 rings (SSSR count). The maximum atomic E-state index is 10.6. The van der Waals surface area contributed by atoms with Crippen molar-refractivity contribution >= 4 is 17.9 Å². The van der Waals surface area contributed by atoms with Gasteiger partial charge in [0.05, 0.1) is 0 Å². The predicted molar refractivity (Wildman–Crippen MR) is 71.7 cm³/mol. The van der Waals surface area contributed by atoms with Gasteiger partial charge < -0.3 is 21.1 Å². The Labute approximate surface area is 138 Å². The molecule has 0 aromatic carbocycles. The smallest absolute Gasteiger partial charge is 0.480 e. The van der Waals surface area contributed by atoms with Gasteiger partial charge in [0.1, 0.15) is 6.04 Å². The van der Waals surface area contributed by atoms with Crippen LogP contribution in [-0.2, 0) is 14.4 Å². The standard InChI is InChI=1S/C8H17NO2.2C2HF3O2/c1-6(2)4-3-5-7(9)8(10)11;2*3-2(4,5)1(6)7/h6-7H,3-5,9H2,1-2H3,(H,10,11);2*(H,6,7). The van der Waals surface area contributed by atoms with Gasteiger partial charge in [0.2, 0.25) is 0 Å². The quantitative estimate of drug-likeness (QED) is 0.532. The molecule has 0 heterocycles. The Morgan fingerprint density at radius 3 is 1.28 bits per heavy atom. The Hall–Kier alpha value is -2.05. The van der Waals surface area contributed by atoms with Crippen molar-refractivity contribution in [3.63, 3.8) is 0 Å². The molecular formula is C12H19F6NO6. The van der Waals surface area contributed by atoms with Crippen molar-refractivity contribution in [1.82, 2.24) is 0 Å². The molecule has 0 aromatic rings. The zero-order valence-corrected chi connectivity index (χ0v) is 13.2. The summed E-state index contributed by atoms with van der Waals surface area (Å²) in [6.45, 7) is 4.23. The number of alkyl halides is 6. The largest absolute Gasteiger partial charge is 0.490 e. The first-order valence-corrected chi connectivity index (χ1v) is 6.51. The zero-order valence-electron chi connectivity index (χ0n) is 13.2. The molecule has 5 N–H and O–H groups in total. The van der Waals surface area contributed by atoms with Gasteiger partial charge in [-0.25, -0.2) is 9.59 Å². The highest BCUT2D eigenvalue weighted by Gasteiger charge is 2.38. The topological polar surface area (TPSA) is 138 Å². The van der Waals surface area contributed by atoms with E-state index in [0.29, 0.717) is 12.3 Å². The fourth-order valence-corrected chi connectivity index (χ4v) is 0.869. The van der Waals surface area contributed by atoms with E-state index in [1.165, 1.54) is 0 Å². The second kappa shape index (κ2) is 12.3.